The smallest absolute Gasteiger partial charge is 0.153 e. The Morgan fingerprint density at radius 3 is 2.75 bits per heavy atom. The summed E-state index contributed by atoms with van der Waals surface area (Å²) in [5.41, 5.74) is 0.848. The normalized spacial score (nSPS) is 10.2. The molecule has 1 aromatic heterocycles. The van der Waals surface area contributed by atoms with Crippen molar-refractivity contribution in [3.63, 3.8) is 0 Å². The van der Waals surface area contributed by atoms with Gasteiger partial charge in [-0.3, -0.25) is 4.98 Å². The van der Waals surface area contributed by atoms with Gasteiger partial charge in [0.15, 0.2) is 5.75 Å². The lowest BCUT2D eigenvalue weighted by molar-refractivity contribution is 0.483. The lowest BCUT2D eigenvalue weighted by Crippen LogP contribution is -1.91. The molecule has 20 heavy (non-hydrogen) atoms. The van der Waals surface area contributed by atoms with Gasteiger partial charge in [-0.05, 0) is 30.3 Å². The summed E-state index contributed by atoms with van der Waals surface area (Å²) in [5.74, 6) is 0.378. The Labute approximate surface area is 114 Å². The van der Waals surface area contributed by atoms with Gasteiger partial charge in [0.2, 0.25) is 0 Å². The molecule has 1 heterocycles. The summed E-state index contributed by atoms with van der Waals surface area (Å²) in [6.45, 7) is 0. The molecule has 4 heteroatoms. The molecule has 0 aliphatic heterocycles. The van der Waals surface area contributed by atoms with Gasteiger partial charge in [0.05, 0.1) is 5.56 Å². The molecule has 0 bridgehead atoms. The largest absolute Gasteiger partial charge is 0.454 e. The van der Waals surface area contributed by atoms with Crippen LogP contribution < -0.4 is 4.74 Å². The number of aromatic nitrogens is 1. The van der Waals surface area contributed by atoms with Gasteiger partial charge in [-0.15, -0.1) is 0 Å². The van der Waals surface area contributed by atoms with Gasteiger partial charge >= 0.3 is 0 Å². The van der Waals surface area contributed by atoms with Crippen molar-refractivity contribution in [1.29, 1.82) is 5.26 Å². The van der Waals surface area contributed by atoms with Crippen molar-refractivity contribution >= 4 is 10.9 Å². The van der Waals surface area contributed by atoms with Crippen LogP contribution in [0.3, 0.4) is 0 Å². The van der Waals surface area contributed by atoms with E-state index in [1.54, 1.807) is 12.3 Å². The number of hydrogen-bond donors (Lipinski definition) is 0. The highest BCUT2D eigenvalue weighted by Gasteiger charge is 2.09. The van der Waals surface area contributed by atoms with E-state index in [4.69, 9.17) is 10.00 Å². The van der Waals surface area contributed by atoms with Gasteiger partial charge in [0.25, 0.3) is 0 Å². The van der Waals surface area contributed by atoms with E-state index in [2.05, 4.69) is 4.98 Å². The fourth-order valence-electron chi connectivity index (χ4n) is 1.96. The van der Waals surface area contributed by atoms with Crippen molar-refractivity contribution in [3.8, 4) is 17.6 Å². The Balaban J connectivity index is 2.08. The third-order valence-electron chi connectivity index (χ3n) is 2.88. The van der Waals surface area contributed by atoms with Gasteiger partial charge < -0.3 is 4.74 Å². The molecule has 0 N–H and O–H groups in total. The van der Waals surface area contributed by atoms with Gasteiger partial charge in [-0.2, -0.15) is 5.26 Å². The number of nitriles is 1. The second-order valence-electron chi connectivity index (χ2n) is 4.19. The van der Waals surface area contributed by atoms with E-state index in [1.165, 1.54) is 12.1 Å². The van der Waals surface area contributed by atoms with Gasteiger partial charge in [-0.25, -0.2) is 4.39 Å². The lowest BCUT2D eigenvalue weighted by atomic mass is 10.2. The molecule has 0 saturated heterocycles. The fraction of sp³-hybridized carbons (Fsp3) is 0. The summed E-state index contributed by atoms with van der Waals surface area (Å²) in [5, 5.41) is 9.96. The van der Waals surface area contributed by atoms with E-state index in [9.17, 15) is 4.39 Å². The Bertz CT molecular complexity index is 819. The SMILES string of the molecule is N#Cc1cc(F)ccc1Oc1cccc2cccnc12. The average molecular weight is 264 g/mol. The van der Waals surface area contributed by atoms with E-state index in [1.807, 2.05) is 30.3 Å². The second-order valence-corrected chi connectivity index (χ2v) is 4.19. The predicted molar refractivity (Wildman–Crippen MR) is 72.9 cm³/mol. The lowest BCUT2D eigenvalue weighted by Gasteiger charge is -2.09. The summed E-state index contributed by atoms with van der Waals surface area (Å²) < 4.78 is 18.8. The molecule has 0 saturated carbocycles. The minimum atomic E-state index is -0.468. The van der Waals surface area contributed by atoms with Crippen LogP contribution in [0.4, 0.5) is 4.39 Å². The van der Waals surface area contributed by atoms with Gasteiger partial charge in [0, 0.05) is 11.6 Å². The monoisotopic (exact) mass is 264 g/mol. The molecular formula is C16H9FN2O. The summed E-state index contributed by atoms with van der Waals surface area (Å²) >= 11 is 0. The second kappa shape index (κ2) is 4.98. The Kier molecular flexibility index (Phi) is 3.02. The summed E-state index contributed by atoms with van der Waals surface area (Å²) in [6.07, 6.45) is 1.67. The van der Waals surface area contributed by atoms with E-state index >= 15 is 0 Å². The molecule has 0 radical (unpaired) electrons. The van der Waals surface area contributed by atoms with Crippen LogP contribution in [0, 0.1) is 17.1 Å². The van der Waals surface area contributed by atoms with Crippen LogP contribution in [0.15, 0.2) is 54.7 Å². The third kappa shape index (κ3) is 2.17. The molecule has 0 amide bonds. The first kappa shape index (κ1) is 12.1. The first-order chi connectivity index (χ1) is 9.78. The zero-order valence-corrected chi connectivity index (χ0v) is 10.4. The highest BCUT2D eigenvalue weighted by molar-refractivity contribution is 5.84. The number of pyridine rings is 1. The van der Waals surface area contributed by atoms with Crippen molar-refractivity contribution in [2.24, 2.45) is 0 Å². The highest BCUT2D eigenvalue weighted by atomic mass is 19.1. The number of para-hydroxylation sites is 1. The molecule has 2 aromatic carbocycles. The molecule has 0 fully saturated rings. The first-order valence-corrected chi connectivity index (χ1v) is 5.99. The summed E-state index contributed by atoms with van der Waals surface area (Å²) in [7, 11) is 0. The first-order valence-electron chi connectivity index (χ1n) is 5.99. The molecule has 3 rings (SSSR count). The topological polar surface area (TPSA) is 45.9 Å². The molecule has 0 aliphatic carbocycles. The molecule has 0 unspecified atom stereocenters. The molecule has 0 aliphatic rings. The van der Waals surface area contributed by atoms with Crippen molar-refractivity contribution in [3.05, 3.63) is 66.1 Å². The number of halogens is 1. The Morgan fingerprint density at radius 1 is 1.05 bits per heavy atom. The van der Waals surface area contributed by atoms with Crippen LogP contribution in [0.2, 0.25) is 0 Å². The Morgan fingerprint density at radius 2 is 1.90 bits per heavy atom. The minimum Gasteiger partial charge on any atom is -0.454 e. The Hall–Kier alpha value is -2.93. The quantitative estimate of drug-likeness (QED) is 0.701. The van der Waals surface area contributed by atoms with Gasteiger partial charge in [0.1, 0.15) is 23.2 Å². The fourth-order valence-corrected chi connectivity index (χ4v) is 1.96. The zero-order valence-electron chi connectivity index (χ0n) is 10.4. The van der Waals surface area contributed by atoms with E-state index in [0.717, 1.165) is 11.5 Å². The minimum absolute atomic E-state index is 0.151. The maximum absolute atomic E-state index is 13.1. The van der Waals surface area contributed by atoms with Crippen LogP contribution in [0.1, 0.15) is 5.56 Å². The average Bonchev–Trinajstić information content (AvgIpc) is 2.49. The number of rotatable bonds is 2. The van der Waals surface area contributed by atoms with Crippen molar-refractivity contribution in [1.82, 2.24) is 4.98 Å². The van der Waals surface area contributed by atoms with Crippen LogP contribution in [-0.2, 0) is 0 Å². The van der Waals surface area contributed by atoms with Crippen molar-refractivity contribution in [2.75, 3.05) is 0 Å². The molecule has 0 atom stereocenters. The summed E-state index contributed by atoms with van der Waals surface area (Å²) in [4.78, 5) is 4.27. The number of ether oxygens (including phenoxy) is 1. The zero-order chi connectivity index (χ0) is 13.9. The number of hydrogen-bond acceptors (Lipinski definition) is 3. The summed E-state index contributed by atoms with van der Waals surface area (Å²) in [6, 6.07) is 15.1. The van der Waals surface area contributed by atoms with Crippen LogP contribution >= 0.6 is 0 Å². The predicted octanol–water partition coefficient (Wildman–Crippen LogP) is 4.04. The van der Waals surface area contributed by atoms with E-state index in [-0.39, 0.29) is 5.56 Å². The number of fused-ring (bicyclic) bond motifs is 1. The van der Waals surface area contributed by atoms with Crippen LogP contribution in [0.25, 0.3) is 10.9 Å². The van der Waals surface area contributed by atoms with E-state index in [0.29, 0.717) is 17.0 Å². The molecular weight excluding hydrogens is 255 g/mol. The van der Waals surface area contributed by atoms with E-state index < -0.39 is 5.82 Å². The molecule has 96 valence electrons. The molecule has 3 nitrogen and oxygen atoms in total. The maximum atomic E-state index is 13.1. The molecule has 0 spiro atoms. The standard InChI is InChI=1S/C16H9FN2O/c17-13-6-7-14(12(9-13)10-18)20-15-5-1-3-11-4-2-8-19-16(11)15/h1-9H. The van der Waals surface area contributed by atoms with Crippen LogP contribution in [0.5, 0.6) is 11.5 Å². The highest BCUT2D eigenvalue weighted by Crippen LogP contribution is 2.30. The number of benzene rings is 2. The van der Waals surface area contributed by atoms with Crippen molar-refractivity contribution < 1.29 is 9.13 Å². The molecule has 3 aromatic rings. The maximum Gasteiger partial charge on any atom is 0.153 e. The van der Waals surface area contributed by atoms with Crippen LogP contribution in [-0.4, -0.2) is 4.98 Å². The van der Waals surface area contributed by atoms with Crippen molar-refractivity contribution in [2.45, 2.75) is 0 Å². The third-order valence-corrected chi connectivity index (χ3v) is 2.88. The van der Waals surface area contributed by atoms with Gasteiger partial charge in [-0.1, -0.05) is 18.2 Å². The number of nitrogens with zero attached hydrogens (tertiary/aromatic N) is 2.